The zero-order valence-corrected chi connectivity index (χ0v) is 20.1. The molecule has 2 saturated heterocycles. The molecule has 8 nitrogen and oxygen atoms in total. The van der Waals surface area contributed by atoms with Gasteiger partial charge >= 0.3 is 6.18 Å². The topological polar surface area (TPSA) is 110 Å². The maximum atomic E-state index is 15.0. The van der Waals surface area contributed by atoms with Crippen molar-refractivity contribution in [3.8, 4) is 6.07 Å². The van der Waals surface area contributed by atoms with Gasteiger partial charge in [0.2, 0.25) is 0 Å². The van der Waals surface area contributed by atoms with E-state index in [4.69, 9.17) is 10.4 Å². The number of rotatable bonds is 6. The summed E-state index contributed by atoms with van der Waals surface area (Å²) in [4.78, 5) is 32.9. The molecule has 3 heterocycles. The number of carbonyl (C=O) groups excluding carboxylic acids is 2. The predicted octanol–water partition coefficient (Wildman–Crippen LogP) is 3.40. The molecule has 3 aliphatic rings. The molecule has 2 amide bonds. The van der Waals surface area contributed by atoms with Crippen LogP contribution in [0.25, 0.3) is 0 Å². The Morgan fingerprint density at radius 2 is 2.03 bits per heavy atom. The van der Waals surface area contributed by atoms with Gasteiger partial charge in [0.15, 0.2) is 5.69 Å². The molecule has 0 bridgehead atoms. The van der Waals surface area contributed by atoms with Crippen molar-refractivity contribution in [1.29, 1.82) is 5.26 Å². The number of hydrogen-bond donors (Lipinski definition) is 2. The number of anilines is 2. The molecule has 194 valence electrons. The summed E-state index contributed by atoms with van der Waals surface area (Å²) in [5.41, 5.74) is -2.83. The van der Waals surface area contributed by atoms with Gasteiger partial charge < -0.3 is 15.3 Å². The Hall–Kier alpha value is -3.37. The van der Waals surface area contributed by atoms with Crippen LogP contribution in [-0.2, 0) is 11.0 Å². The normalized spacial score (nSPS) is 21.8. The number of aliphatic hydroxyl groups is 1. The summed E-state index contributed by atoms with van der Waals surface area (Å²) < 4.78 is 55.6. The van der Waals surface area contributed by atoms with Crippen molar-refractivity contribution in [2.75, 3.05) is 23.0 Å². The second-order valence-electron chi connectivity index (χ2n) is 9.04. The van der Waals surface area contributed by atoms with Gasteiger partial charge in [0.05, 0.1) is 23.0 Å². The van der Waals surface area contributed by atoms with E-state index in [-0.39, 0.29) is 29.8 Å². The molecule has 2 unspecified atom stereocenters. The summed E-state index contributed by atoms with van der Waals surface area (Å²) >= 11 is 1.35. The SMILES string of the molecule is N#Cc1ncc(N2C(=O)C3(CCC3)N(c3ccc(C(=O)NCCCO)c(F)c3)C3SC32)cc1C(F)(F)F. The molecule has 2 aliphatic heterocycles. The Morgan fingerprint density at radius 3 is 2.62 bits per heavy atom. The van der Waals surface area contributed by atoms with E-state index in [9.17, 15) is 27.2 Å². The maximum Gasteiger partial charge on any atom is 0.419 e. The third-order valence-electron chi connectivity index (χ3n) is 6.87. The fourth-order valence-corrected chi connectivity index (χ4v) is 6.11. The lowest BCUT2D eigenvalue weighted by Crippen LogP contribution is -2.69. The lowest BCUT2D eigenvalue weighted by Gasteiger charge is -2.54. The number of thioether (sulfide) groups is 1. The molecule has 2 atom stereocenters. The molecule has 2 N–H and O–H groups in total. The molecule has 5 rings (SSSR count). The molecule has 1 spiro atoms. The average molecular weight is 536 g/mol. The summed E-state index contributed by atoms with van der Waals surface area (Å²) in [6, 6.07) is 6.32. The molecule has 37 heavy (non-hydrogen) atoms. The largest absolute Gasteiger partial charge is 0.419 e. The minimum Gasteiger partial charge on any atom is -0.396 e. The number of aromatic nitrogens is 1. The molecule has 1 saturated carbocycles. The number of pyridine rings is 1. The first-order chi connectivity index (χ1) is 17.6. The van der Waals surface area contributed by atoms with E-state index in [2.05, 4.69) is 10.3 Å². The minimum absolute atomic E-state index is 0.0386. The predicted molar refractivity (Wildman–Crippen MR) is 126 cm³/mol. The van der Waals surface area contributed by atoms with Gasteiger partial charge in [0.25, 0.3) is 11.8 Å². The van der Waals surface area contributed by atoms with E-state index in [1.165, 1.54) is 34.9 Å². The summed E-state index contributed by atoms with van der Waals surface area (Å²) in [6.45, 7) is 0.0802. The van der Waals surface area contributed by atoms with E-state index < -0.39 is 46.0 Å². The first-order valence-electron chi connectivity index (χ1n) is 11.6. The summed E-state index contributed by atoms with van der Waals surface area (Å²) in [5, 5.41) is 19.6. The Balaban J connectivity index is 1.46. The number of nitriles is 1. The summed E-state index contributed by atoms with van der Waals surface area (Å²) in [6.07, 6.45) is -1.79. The molecule has 1 aliphatic carbocycles. The van der Waals surface area contributed by atoms with E-state index in [1.54, 1.807) is 6.07 Å². The van der Waals surface area contributed by atoms with Crippen molar-refractivity contribution < 1.29 is 32.3 Å². The van der Waals surface area contributed by atoms with Crippen LogP contribution < -0.4 is 15.1 Å². The van der Waals surface area contributed by atoms with Crippen LogP contribution in [0.5, 0.6) is 0 Å². The highest BCUT2D eigenvalue weighted by molar-refractivity contribution is 8.08. The van der Waals surface area contributed by atoms with Crippen molar-refractivity contribution in [2.45, 2.75) is 48.1 Å². The minimum atomic E-state index is -4.81. The Labute approximate surface area is 213 Å². The zero-order valence-electron chi connectivity index (χ0n) is 19.3. The smallest absolute Gasteiger partial charge is 0.396 e. The summed E-state index contributed by atoms with van der Waals surface area (Å²) in [7, 11) is 0. The van der Waals surface area contributed by atoms with Crippen LogP contribution in [0.15, 0.2) is 30.5 Å². The van der Waals surface area contributed by atoms with Crippen molar-refractivity contribution in [1.82, 2.24) is 10.3 Å². The Bertz CT molecular complexity index is 1310. The van der Waals surface area contributed by atoms with E-state index in [1.807, 2.05) is 4.90 Å². The van der Waals surface area contributed by atoms with Crippen LogP contribution >= 0.6 is 11.8 Å². The first kappa shape index (κ1) is 25.3. The third-order valence-corrected chi connectivity index (χ3v) is 8.05. The molecule has 0 radical (unpaired) electrons. The van der Waals surface area contributed by atoms with Crippen LogP contribution in [-0.4, -0.2) is 51.3 Å². The fraction of sp³-hybridized carbons (Fsp3) is 0.417. The van der Waals surface area contributed by atoms with Crippen LogP contribution in [0.1, 0.15) is 47.3 Å². The number of carbonyl (C=O) groups is 2. The molecule has 13 heteroatoms. The van der Waals surface area contributed by atoms with Gasteiger partial charge in [0.1, 0.15) is 28.2 Å². The highest BCUT2D eigenvalue weighted by atomic mass is 32.2. The van der Waals surface area contributed by atoms with E-state index in [0.29, 0.717) is 31.4 Å². The number of benzene rings is 1. The molecular formula is C24H21F4N5O3S. The quantitative estimate of drug-likeness (QED) is 0.332. The van der Waals surface area contributed by atoms with E-state index >= 15 is 0 Å². The van der Waals surface area contributed by atoms with Crippen molar-refractivity contribution in [3.05, 3.63) is 53.1 Å². The van der Waals surface area contributed by atoms with Crippen molar-refractivity contribution in [3.63, 3.8) is 0 Å². The Kier molecular flexibility index (Phi) is 6.27. The standard InChI is InChI=1S/C24H21F4N5O3S/c25-17-10-13(3-4-15(17)19(35)30-7-2-8-34)33-21-20(37-21)32(22(36)23(33)5-1-6-23)14-9-16(24(26,27)28)18(11-29)31-12-14/h3-4,9-10,12,20-21,34H,1-2,5-8H2,(H,30,35). The second kappa shape index (κ2) is 9.18. The number of hydrogen-bond acceptors (Lipinski definition) is 7. The second-order valence-corrected chi connectivity index (χ2v) is 10.3. The van der Waals surface area contributed by atoms with Gasteiger partial charge in [-0.25, -0.2) is 9.37 Å². The number of nitrogens with zero attached hydrogens (tertiary/aromatic N) is 4. The number of nitrogens with one attached hydrogen (secondary N) is 1. The number of aliphatic hydroxyl groups excluding tert-OH is 1. The van der Waals surface area contributed by atoms with Gasteiger partial charge in [-0.2, -0.15) is 18.4 Å². The van der Waals surface area contributed by atoms with E-state index in [0.717, 1.165) is 12.3 Å². The molecule has 3 fully saturated rings. The fourth-order valence-electron chi connectivity index (χ4n) is 4.89. The first-order valence-corrected chi connectivity index (χ1v) is 12.5. The van der Waals surface area contributed by atoms with Crippen molar-refractivity contribution in [2.24, 2.45) is 0 Å². The zero-order chi connectivity index (χ0) is 26.5. The van der Waals surface area contributed by atoms with Gasteiger partial charge in [-0.1, -0.05) is 0 Å². The lowest BCUT2D eigenvalue weighted by molar-refractivity contribution is -0.138. The average Bonchev–Trinajstić information content (AvgIpc) is 3.61. The van der Waals surface area contributed by atoms with Crippen LogP contribution in [0.2, 0.25) is 0 Å². The van der Waals surface area contributed by atoms with Crippen molar-refractivity contribution >= 4 is 35.0 Å². The maximum absolute atomic E-state index is 15.0. The lowest BCUT2D eigenvalue weighted by atomic mass is 9.72. The van der Waals surface area contributed by atoms with Crippen LogP contribution in [0, 0.1) is 17.1 Å². The summed E-state index contributed by atoms with van der Waals surface area (Å²) in [5.74, 6) is -1.79. The molecule has 1 aromatic carbocycles. The molecule has 2 aromatic rings. The number of fused-ring (bicyclic) bond motifs is 1. The highest BCUT2D eigenvalue weighted by Gasteiger charge is 2.66. The number of alkyl halides is 3. The third kappa shape index (κ3) is 4.18. The number of piperazine rings is 1. The van der Waals surface area contributed by atoms with Gasteiger partial charge in [0, 0.05) is 18.8 Å². The van der Waals surface area contributed by atoms with Gasteiger partial charge in [-0.15, -0.1) is 11.8 Å². The molecule has 1 aromatic heterocycles. The number of halogens is 4. The van der Waals surface area contributed by atoms with Gasteiger partial charge in [-0.3, -0.25) is 14.5 Å². The molecular weight excluding hydrogens is 514 g/mol. The van der Waals surface area contributed by atoms with Gasteiger partial charge in [-0.05, 0) is 49.9 Å². The van der Waals surface area contributed by atoms with Crippen LogP contribution in [0.4, 0.5) is 28.9 Å². The highest BCUT2D eigenvalue weighted by Crippen LogP contribution is 2.59. The Morgan fingerprint density at radius 1 is 1.27 bits per heavy atom. The van der Waals surface area contributed by atoms with Crippen LogP contribution in [0.3, 0.4) is 0 Å². The number of amides is 2. The monoisotopic (exact) mass is 535 g/mol.